The van der Waals surface area contributed by atoms with E-state index in [0.29, 0.717) is 16.9 Å². The Bertz CT molecular complexity index is 96.3. The molecule has 0 rings (SSSR count). The van der Waals surface area contributed by atoms with E-state index in [-0.39, 0.29) is 0 Å². The van der Waals surface area contributed by atoms with Gasteiger partial charge in [-0.1, -0.05) is 32.6 Å². The van der Waals surface area contributed by atoms with Crippen LogP contribution in [0.4, 0.5) is 0 Å². The second-order valence-corrected chi connectivity index (χ2v) is 2.56. The first-order chi connectivity index (χ1) is 5.77. The molecule has 0 heterocycles. The fourth-order valence-electron chi connectivity index (χ4n) is 0.880. The number of carbonyl (C=O) groups is 1. The number of rotatable bonds is 6. The molecule has 0 aromatic rings. The van der Waals surface area contributed by atoms with E-state index in [2.05, 4.69) is 6.92 Å². The highest BCUT2D eigenvalue weighted by atomic mass is 28.2. The molecule has 0 saturated carbocycles. The lowest BCUT2D eigenvalue weighted by molar-refractivity contribution is -0.137. The lowest BCUT2D eigenvalue weighted by atomic mass is 10.1. The molecule has 0 aromatic heterocycles. The van der Waals surface area contributed by atoms with E-state index >= 15 is 0 Å². The molecule has 4 heteroatoms. The minimum atomic E-state index is -0.670. The fraction of sp³-hybridized carbons (Fsp3) is 0.875. The van der Waals surface area contributed by atoms with Crippen LogP contribution >= 0.6 is 0 Å². The van der Waals surface area contributed by atoms with Crippen LogP contribution in [0.3, 0.4) is 0 Å². The monoisotopic (exact) mass is 192 g/mol. The highest BCUT2D eigenvalue weighted by Gasteiger charge is 1.94. The van der Waals surface area contributed by atoms with E-state index < -0.39 is 5.97 Å². The van der Waals surface area contributed by atoms with Crippen LogP contribution in [0.25, 0.3) is 0 Å². The van der Waals surface area contributed by atoms with Crippen molar-refractivity contribution in [1.29, 1.82) is 0 Å². The molecule has 0 aliphatic heterocycles. The number of hydrogen-bond donors (Lipinski definition) is 2. The minimum Gasteiger partial charge on any atom is -0.481 e. The first kappa shape index (κ1) is 14.2. The molecule has 0 aliphatic carbocycles. The molecule has 0 atom stereocenters. The van der Waals surface area contributed by atoms with Crippen molar-refractivity contribution in [2.75, 3.05) is 0 Å². The fourth-order valence-corrected chi connectivity index (χ4v) is 0.880. The highest BCUT2D eigenvalue weighted by molar-refractivity contribution is 5.95. The van der Waals surface area contributed by atoms with Crippen molar-refractivity contribution in [3.8, 4) is 0 Å². The van der Waals surface area contributed by atoms with Gasteiger partial charge in [0.1, 0.15) is 10.5 Å². The molecule has 0 spiro atoms. The van der Waals surface area contributed by atoms with Crippen LogP contribution in [-0.4, -0.2) is 26.4 Å². The van der Waals surface area contributed by atoms with Crippen LogP contribution in [0.15, 0.2) is 0 Å². The number of carboxylic acid groups (broad SMARTS) is 1. The Balaban J connectivity index is 0. The van der Waals surface area contributed by atoms with Crippen molar-refractivity contribution >= 4 is 16.5 Å². The molecule has 2 N–H and O–H groups in total. The van der Waals surface area contributed by atoms with Gasteiger partial charge in [-0.25, -0.2) is 0 Å². The predicted octanol–water partition coefficient (Wildman–Crippen LogP) is 0.691. The van der Waals surface area contributed by atoms with E-state index in [9.17, 15) is 4.79 Å². The Hall–Kier alpha value is -0.353. The van der Waals surface area contributed by atoms with Crippen LogP contribution in [0.2, 0.25) is 0 Å². The average Bonchev–Trinajstić information content (AvgIpc) is 2.07. The van der Waals surface area contributed by atoms with Crippen molar-refractivity contribution in [2.45, 2.75) is 45.4 Å². The zero-order chi connectivity index (χ0) is 9.82. The van der Waals surface area contributed by atoms with Crippen molar-refractivity contribution < 1.29 is 14.7 Å². The SMILES string of the molecule is CCCCCCCC(=O)O.O[SiH3]. The zero-order valence-electron chi connectivity index (χ0n) is 8.05. The summed E-state index contributed by atoms with van der Waals surface area (Å²) >= 11 is 0. The van der Waals surface area contributed by atoms with Gasteiger partial charge >= 0.3 is 5.97 Å². The molecule has 3 nitrogen and oxygen atoms in total. The molecule has 0 amide bonds. The summed E-state index contributed by atoms with van der Waals surface area (Å²) < 4.78 is 0. The number of unbranched alkanes of at least 4 members (excludes halogenated alkanes) is 4. The summed E-state index contributed by atoms with van der Waals surface area (Å²) in [7, 11) is 0.306. The molecule has 0 aliphatic rings. The number of hydrogen-bond acceptors (Lipinski definition) is 2. The quantitative estimate of drug-likeness (QED) is 0.481. The standard InChI is InChI=1S/C8H16O2.H4OSi/c1-2-3-4-5-6-7-8(9)10;1-2/h2-7H2,1H3,(H,9,10);1H,2H3. The van der Waals surface area contributed by atoms with Crippen molar-refractivity contribution in [1.82, 2.24) is 0 Å². The van der Waals surface area contributed by atoms with Gasteiger partial charge in [0.15, 0.2) is 0 Å². The van der Waals surface area contributed by atoms with Crippen molar-refractivity contribution in [3.63, 3.8) is 0 Å². The third-order valence-corrected chi connectivity index (χ3v) is 1.49. The second-order valence-electron chi connectivity index (χ2n) is 2.56. The summed E-state index contributed by atoms with van der Waals surface area (Å²) in [5.41, 5.74) is 0. The molecule has 0 aromatic carbocycles. The molecule has 0 unspecified atom stereocenters. The van der Waals surface area contributed by atoms with Crippen LogP contribution in [-0.2, 0) is 4.79 Å². The second kappa shape index (κ2) is 13.3. The van der Waals surface area contributed by atoms with Gasteiger partial charge in [-0.3, -0.25) is 4.79 Å². The lowest BCUT2D eigenvalue weighted by Crippen LogP contribution is -1.93. The summed E-state index contributed by atoms with van der Waals surface area (Å²) in [6.45, 7) is 2.15. The summed E-state index contributed by atoms with van der Waals surface area (Å²) in [6, 6.07) is 0. The van der Waals surface area contributed by atoms with Gasteiger partial charge in [0, 0.05) is 6.42 Å². The highest BCUT2D eigenvalue weighted by Crippen LogP contribution is 2.04. The zero-order valence-corrected chi connectivity index (χ0v) is 10.0. The Kier molecular flexibility index (Phi) is 15.7. The normalized spacial score (nSPS) is 8.83. The smallest absolute Gasteiger partial charge is 0.303 e. The maximum atomic E-state index is 10.0. The Morgan fingerprint density at radius 1 is 1.17 bits per heavy atom. The van der Waals surface area contributed by atoms with Crippen LogP contribution in [0, 0.1) is 0 Å². The number of aliphatic carboxylic acids is 1. The summed E-state index contributed by atoms with van der Waals surface area (Å²) in [4.78, 5) is 17.2. The number of carboxylic acids is 1. The molecular weight excluding hydrogens is 172 g/mol. The Labute approximate surface area is 77.3 Å². The van der Waals surface area contributed by atoms with Gasteiger partial charge in [-0.05, 0) is 6.42 Å². The van der Waals surface area contributed by atoms with Gasteiger partial charge in [0.25, 0.3) is 0 Å². The van der Waals surface area contributed by atoms with Gasteiger partial charge in [-0.15, -0.1) is 0 Å². The Morgan fingerprint density at radius 3 is 2.08 bits per heavy atom. The molecule has 0 bridgehead atoms. The van der Waals surface area contributed by atoms with E-state index in [0.717, 1.165) is 12.8 Å². The molecule has 0 fully saturated rings. The van der Waals surface area contributed by atoms with Crippen LogP contribution < -0.4 is 0 Å². The molecule has 0 radical (unpaired) electrons. The maximum Gasteiger partial charge on any atom is 0.303 e. The molecule has 74 valence electrons. The largest absolute Gasteiger partial charge is 0.481 e. The summed E-state index contributed by atoms with van der Waals surface area (Å²) in [5, 5.41) is 8.27. The lowest BCUT2D eigenvalue weighted by Gasteiger charge is -1.95. The predicted molar refractivity (Wildman–Crippen MR) is 53.2 cm³/mol. The van der Waals surface area contributed by atoms with E-state index in [4.69, 9.17) is 9.90 Å². The molecule has 12 heavy (non-hydrogen) atoms. The minimum absolute atomic E-state index is 0.306. The topological polar surface area (TPSA) is 57.5 Å². The maximum absolute atomic E-state index is 10.0. The summed E-state index contributed by atoms with van der Waals surface area (Å²) in [6.07, 6.45) is 5.88. The van der Waals surface area contributed by atoms with Gasteiger partial charge < -0.3 is 9.90 Å². The van der Waals surface area contributed by atoms with Gasteiger partial charge in [0.05, 0.1) is 0 Å². The first-order valence-electron chi connectivity index (χ1n) is 4.44. The van der Waals surface area contributed by atoms with Crippen molar-refractivity contribution in [3.05, 3.63) is 0 Å². The van der Waals surface area contributed by atoms with E-state index in [1.54, 1.807) is 0 Å². The molecule has 0 saturated heterocycles. The van der Waals surface area contributed by atoms with Gasteiger partial charge in [0.2, 0.25) is 0 Å². The van der Waals surface area contributed by atoms with Gasteiger partial charge in [-0.2, -0.15) is 0 Å². The average molecular weight is 192 g/mol. The van der Waals surface area contributed by atoms with Crippen LogP contribution in [0.5, 0.6) is 0 Å². The van der Waals surface area contributed by atoms with Crippen LogP contribution in [0.1, 0.15) is 45.4 Å². The summed E-state index contributed by atoms with van der Waals surface area (Å²) in [5.74, 6) is -0.670. The third kappa shape index (κ3) is 16.3. The third-order valence-electron chi connectivity index (χ3n) is 1.49. The van der Waals surface area contributed by atoms with E-state index in [1.807, 2.05) is 0 Å². The Morgan fingerprint density at radius 2 is 1.67 bits per heavy atom. The van der Waals surface area contributed by atoms with Crippen molar-refractivity contribution in [2.24, 2.45) is 0 Å². The molecular formula is C8H20O3Si. The first-order valence-corrected chi connectivity index (χ1v) is 5.33. The van der Waals surface area contributed by atoms with E-state index in [1.165, 1.54) is 19.3 Å².